The van der Waals surface area contributed by atoms with Crippen molar-refractivity contribution in [3.8, 4) is 0 Å². The molecule has 3 aromatic carbocycles. The molecule has 0 radical (unpaired) electrons. The van der Waals surface area contributed by atoms with Crippen LogP contribution in [0.15, 0.2) is 83.9 Å². The Morgan fingerprint density at radius 2 is 1.67 bits per heavy atom. The molecule has 0 aliphatic rings. The van der Waals surface area contributed by atoms with Crippen LogP contribution in [0, 0.1) is 6.92 Å². The lowest BCUT2D eigenvalue weighted by molar-refractivity contribution is -0.111. The third kappa shape index (κ3) is 5.54. The number of aromatic nitrogens is 2. The van der Waals surface area contributed by atoms with Crippen LogP contribution < -0.4 is 10.0 Å². The zero-order valence-electron chi connectivity index (χ0n) is 17.5. The van der Waals surface area contributed by atoms with E-state index in [0.717, 1.165) is 11.0 Å². The molecule has 0 aliphatic carbocycles. The second-order valence-electron chi connectivity index (χ2n) is 7.20. The van der Waals surface area contributed by atoms with Crippen molar-refractivity contribution >= 4 is 56.0 Å². The average molecular weight is 479 g/mol. The van der Waals surface area contributed by atoms with E-state index in [1.807, 2.05) is 24.3 Å². The van der Waals surface area contributed by atoms with Crippen molar-refractivity contribution in [3.63, 3.8) is 0 Å². The number of carbonyl (C=O) groups is 1. The highest BCUT2D eigenvalue weighted by atomic mass is 35.5. The molecule has 0 saturated heterocycles. The molecule has 1 heterocycles. The number of fused-ring (bicyclic) bond motifs is 1. The number of sulfonamides is 1. The van der Waals surface area contributed by atoms with Gasteiger partial charge in [0, 0.05) is 22.5 Å². The van der Waals surface area contributed by atoms with E-state index in [-0.39, 0.29) is 4.90 Å². The maximum Gasteiger partial charge on any atom is 0.262 e. The number of benzene rings is 3. The van der Waals surface area contributed by atoms with Crippen molar-refractivity contribution in [3.05, 3.63) is 95.3 Å². The number of hydrogen-bond acceptors (Lipinski definition) is 5. The van der Waals surface area contributed by atoms with E-state index < -0.39 is 15.9 Å². The second kappa shape index (κ2) is 9.40. The van der Waals surface area contributed by atoms with E-state index >= 15 is 0 Å². The first-order valence-corrected chi connectivity index (χ1v) is 11.8. The van der Waals surface area contributed by atoms with Gasteiger partial charge in [0.1, 0.15) is 0 Å². The Morgan fingerprint density at radius 1 is 0.970 bits per heavy atom. The van der Waals surface area contributed by atoms with Crippen LogP contribution in [0.4, 0.5) is 11.4 Å². The Morgan fingerprint density at radius 3 is 2.42 bits per heavy atom. The van der Waals surface area contributed by atoms with E-state index in [9.17, 15) is 13.2 Å². The van der Waals surface area contributed by atoms with Gasteiger partial charge in [-0.2, -0.15) is 0 Å². The number of anilines is 2. The Balaban J connectivity index is 1.50. The average Bonchev–Trinajstić information content (AvgIpc) is 2.80. The molecule has 0 atom stereocenters. The first kappa shape index (κ1) is 22.4. The lowest BCUT2D eigenvalue weighted by atomic mass is 10.2. The third-order valence-corrected chi connectivity index (χ3v) is 6.49. The highest BCUT2D eigenvalue weighted by Crippen LogP contribution is 2.24. The van der Waals surface area contributed by atoms with E-state index in [0.29, 0.717) is 27.7 Å². The standard InChI is InChI=1S/C24H19ClN4O3S/c1-16-6-9-19(14-23(16)33(31,32)29-18-10-7-17(25)8-11-18)28-24(30)13-12-20-15-26-21-4-2-3-5-22(21)27-20/h2-15,29H,1H3,(H,28,30)/b13-12+. The molecule has 0 aliphatic heterocycles. The van der Waals surface area contributed by atoms with Crippen LogP contribution in [0.25, 0.3) is 17.1 Å². The van der Waals surface area contributed by atoms with Gasteiger partial charge in [0.15, 0.2) is 0 Å². The lowest BCUT2D eigenvalue weighted by Gasteiger charge is -2.12. The molecule has 0 spiro atoms. The van der Waals surface area contributed by atoms with Gasteiger partial charge in [-0.3, -0.25) is 14.5 Å². The number of hydrogen-bond donors (Lipinski definition) is 2. The largest absolute Gasteiger partial charge is 0.322 e. The summed E-state index contributed by atoms with van der Waals surface area (Å²) in [7, 11) is -3.87. The SMILES string of the molecule is Cc1ccc(NC(=O)/C=C/c2cnc3ccccc3n2)cc1S(=O)(=O)Nc1ccc(Cl)cc1. The van der Waals surface area contributed by atoms with Crippen LogP contribution in [-0.4, -0.2) is 24.3 Å². The van der Waals surface area contributed by atoms with Crippen LogP contribution in [0.1, 0.15) is 11.3 Å². The number of rotatable bonds is 6. The van der Waals surface area contributed by atoms with Crippen molar-refractivity contribution in [1.82, 2.24) is 9.97 Å². The first-order chi connectivity index (χ1) is 15.8. The van der Waals surface area contributed by atoms with Gasteiger partial charge in [0.25, 0.3) is 10.0 Å². The fraction of sp³-hybridized carbons (Fsp3) is 0.0417. The fourth-order valence-corrected chi connectivity index (χ4v) is 4.55. The smallest absolute Gasteiger partial charge is 0.262 e. The van der Waals surface area contributed by atoms with Gasteiger partial charge in [-0.1, -0.05) is 29.8 Å². The molecule has 4 aromatic rings. The Hall–Kier alpha value is -3.75. The molecule has 2 N–H and O–H groups in total. The number of amides is 1. The maximum absolute atomic E-state index is 12.9. The maximum atomic E-state index is 12.9. The number of nitrogens with one attached hydrogen (secondary N) is 2. The molecule has 4 rings (SSSR count). The van der Waals surface area contributed by atoms with Gasteiger partial charge in [-0.25, -0.2) is 13.4 Å². The predicted molar refractivity (Wildman–Crippen MR) is 131 cm³/mol. The highest BCUT2D eigenvalue weighted by molar-refractivity contribution is 7.92. The van der Waals surface area contributed by atoms with Crippen LogP contribution in [0.5, 0.6) is 0 Å². The Bertz CT molecular complexity index is 1470. The van der Waals surface area contributed by atoms with Crippen LogP contribution >= 0.6 is 11.6 Å². The summed E-state index contributed by atoms with van der Waals surface area (Å²) in [5.41, 5.74) is 3.28. The molecular formula is C24H19ClN4O3S. The molecule has 0 bridgehead atoms. The number of para-hydroxylation sites is 2. The molecule has 0 saturated carbocycles. The molecule has 0 unspecified atom stereocenters. The summed E-state index contributed by atoms with van der Waals surface area (Å²) >= 11 is 5.85. The van der Waals surface area contributed by atoms with Crippen molar-refractivity contribution in [1.29, 1.82) is 0 Å². The highest BCUT2D eigenvalue weighted by Gasteiger charge is 2.18. The van der Waals surface area contributed by atoms with Crippen molar-refractivity contribution < 1.29 is 13.2 Å². The Kier molecular flexibility index (Phi) is 6.39. The lowest BCUT2D eigenvalue weighted by Crippen LogP contribution is -2.15. The van der Waals surface area contributed by atoms with Gasteiger partial charge in [-0.05, 0) is 67.1 Å². The quantitative estimate of drug-likeness (QED) is 0.378. The molecule has 1 aromatic heterocycles. The third-order valence-electron chi connectivity index (χ3n) is 4.71. The van der Waals surface area contributed by atoms with Crippen LogP contribution in [-0.2, 0) is 14.8 Å². The summed E-state index contributed by atoms with van der Waals surface area (Å²) in [4.78, 5) is 21.2. The topological polar surface area (TPSA) is 101 Å². The molecule has 33 heavy (non-hydrogen) atoms. The van der Waals surface area contributed by atoms with Gasteiger partial charge in [0.2, 0.25) is 5.91 Å². The summed E-state index contributed by atoms with van der Waals surface area (Å²) in [6.45, 7) is 1.68. The summed E-state index contributed by atoms with van der Waals surface area (Å²) < 4.78 is 28.3. The second-order valence-corrected chi connectivity index (χ2v) is 9.29. The molecule has 166 valence electrons. The Labute approximate surface area is 196 Å². The molecule has 0 fully saturated rings. The molecule has 1 amide bonds. The van der Waals surface area contributed by atoms with Crippen LogP contribution in [0.3, 0.4) is 0 Å². The minimum absolute atomic E-state index is 0.0552. The summed E-state index contributed by atoms with van der Waals surface area (Å²) in [6.07, 6.45) is 4.44. The van der Waals surface area contributed by atoms with E-state index in [1.54, 1.807) is 55.6 Å². The van der Waals surface area contributed by atoms with E-state index in [1.165, 1.54) is 12.1 Å². The minimum atomic E-state index is -3.87. The van der Waals surface area contributed by atoms with Gasteiger partial charge in [-0.15, -0.1) is 0 Å². The number of aryl methyl sites for hydroxylation is 1. The van der Waals surface area contributed by atoms with E-state index in [4.69, 9.17) is 11.6 Å². The van der Waals surface area contributed by atoms with Crippen molar-refractivity contribution in [2.24, 2.45) is 0 Å². The number of halogens is 1. The predicted octanol–water partition coefficient (Wildman–Crippen LogP) is 5.04. The minimum Gasteiger partial charge on any atom is -0.322 e. The molecule has 7 nitrogen and oxygen atoms in total. The number of carbonyl (C=O) groups excluding carboxylic acids is 1. The fourth-order valence-electron chi connectivity index (χ4n) is 3.09. The van der Waals surface area contributed by atoms with Gasteiger partial charge >= 0.3 is 0 Å². The van der Waals surface area contributed by atoms with Crippen molar-refractivity contribution in [2.75, 3.05) is 10.0 Å². The van der Waals surface area contributed by atoms with Crippen LogP contribution in [0.2, 0.25) is 5.02 Å². The molecule has 9 heteroatoms. The zero-order chi connectivity index (χ0) is 23.4. The van der Waals surface area contributed by atoms with Gasteiger partial charge in [0.05, 0.1) is 27.8 Å². The monoisotopic (exact) mass is 478 g/mol. The van der Waals surface area contributed by atoms with Gasteiger partial charge < -0.3 is 5.32 Å². The summed E-state index contributed by atoms with van der Waals surface area (Å²) in [5, 5.41) is 3.18. The van der Waals surface area contributed by atoms with Crippen molar-refractivity contribution in [2.45, 2.75) is 11.8 Å². The summed E-state index contributed by atoms with van der Waals surface area (Å²) in [6, 6.07) is 18.4. The first-order valence-electron chi connectivity index (χ1n) is 9.90. The number of nitrogens with zero attached hydrogens (tertiary/aromatic N) is 2. The molecular weight excluding hydrogens is 460 g/mol. The van der Waals surface area contributed by atoms with E-state index in [2.05, 4.69) is 20.0 Å². The summed E-state index contributed by atoms with van der Waals surface area (Å²) in [5.74, 6) is -0.428. The zero-order valence-corrected chi connectivity index (χ0v) is 19.1. The normalized spacial score (nSPS) is 11.6.